The van der Waals surface area contributed by atoms with Gasteiger partial charge < -0.3 is 0 Å². The zero-order valence-electron chi connectivity index (χ0n) is 9.28. The van der Waals surface area contributed by atoms with Crippen molar-refractivity contribution in [2.24, 2.45) is 5.92 Å². The van der Waals surface area contributed by atoms with E-state index < -0.39 is 10.2 Å². The summed E-state index contributed by atoms with van der Waals surface area (Å²) in [6.07, 6.45) is 4.30. The van der Waals surface area contributed by atoms with Crippen molar-refractivity contribution in [2.75, 3.05) is 19.6 Å². The first kappa shape index (κ1) is 12.7. The van der Waals surface area contributed by atoms with Gasteiger partial charge in [-0.2, -0.15) is 12.7 Å². The van der Waals surface area contributed by atoms with Crippen LogP contribution in [0.3, 0.4) is 0 Å². The molecule has 0 aromatic rings. The standard InChI is InChI=1S/C10H20N2O2S/c1-3-4-7-11-15(13,14)12-8-5-10(2)6-9-12/h3,10-11H,1,4-9H2,2H3. The van der Waals surface area contributed by atoms with Gasteiger partial charge in [-0.05, 0) is 25.2 Å². The van der Waals surface area contributed by atoms with Crippen LogP contribution in [0.4, 0.5) is 0 Å². The lowest BCUT2D eigenvalue weighted by Crippen LogP contribution is -2.44. The molecule has 0 bridgehead atoms. The maximum Gasteiger partial charge on any atom is 0.279 e. The summed E-state index contributed by atoms with van der Waals surface area (Å²) in [4.78, 5) is 0. The monoisotopic (exact) mass is 232 g/mol. The molecule has 0 spiro atoms. The van der Waals surface area contributed by atoms with Gasteiger partial charge in [0.25, 0.3) is 10.2 Å². The molecule has 1 N–H and O–H groups in total. The fourth-order valence-corrected chi connectivity index (χ4v) is 2.86. The Bertz CT molecular complexity index is 293. The fourth-order valence-electron chi connectivity index (χ4n) is 1.61. The summed E-state index contributed by atoms with van der Waals surface area (Å²) in [5.74, 6) is 0.643. The van der Waals surface area contributed by atoms with Crippen LogP contribution in [-0.4, -0.2) is 32.4 Å². The van der Waals surface area contributed by atoms with E-state index in [9.17, 15) is 8.42 Å². The Kier molecular flexibility index (Phi) is 4.76. The molecular formula is C10H20N2O2S. The van der Waals surface area contributed by atoms with Gasteiger partial charge in [-0.25, -0.2) is 4.72 Å². The van der Waals surface area contributed by atoms with Crippen LogP contribution in [0.1, 0.15) is 26.2 Å². The van der Waals surface area contributed by atoms with Gasteiger partial charge in [0.15, 0.2) is 0 Å². The largest absolute Gasteiger partial charge is 0.279 e. The summed E-state index contributed by atoms with van der Waals surface area (Å²) < 4.78 is 27.6. The topological polar surface area (TPSA) is 49.4 Å². The first-order valence-electron chi connectivity index (χ1n) is 5.42. The Morgan fingerprint density at radius 3 is 2.60 bits per heavy atom. The first-order valence-corrected chi connectivity index (χ1v) is 6.86. The SMILES string of the molecule is C=CCCNS(=O)(=O)N1CCC(C)CC1. The molecule has 0 aromatic heterocycles. The summed E-state index contributed by atoms with van der Waals surface area (Å²) in [5, 5.41) is 0. The van der Waals surface area contributed by atoms with Crippen molar-refractivity contribution in [3.63, 3.8) is 0 Å². The minimum absolute atomic E-state index is 0.442. The number of nitrogens with zero attached hydrogens (tertiary/aromatic N) is 1. The predicted molar refractivity (Wildman–Crippen MR) is 61.7 cm³/mol. The second-order valence-corrected chi connectivity index (χ2v) is 5.81. The summed E-state index contributed by atoms with van der Waals surface area (Å²) in [5.41, 5.74) is 0. The normalized spacial score (nSPS) is 20.3. The van der Waals surface area contributed by atoms with Crippen molar-refractivity contribution >= 4 is 10.2 Å². The van der Waals surface area contributed by atoms with Gasteiger partial charge in [-0.1, -0.05) is 13.0 Å². The van der Waals surface area contributed by atoms with Crippen LogP contribution < -0.4 is 4.72 Å². The molecule has 1 heterocycles. The van der Waals surface area contributed by atoms with Crippen LogP contribution in [0.25, 0.3) is 0 Å². The lowest BCUT2D eigenvalue weighted by atomic mass is 10.0. The van der Waals surface area contributed by atoms with Gasteiger partial charge in [0.2, 0.25) is 0 Å². The number of hydrogen-bond donors (Lipinski definition) is 1. The molecule has 0 amide bonds. The van der Waals surface area contributed by atoms with E-state index in [1.165, 1.54) is 4.31 Å². The maximum atomic E-state index is 11.7. The van der Waals surface area contributed by atoms with Crippen molar-refractivity contribution in [3.8, 4) is 0 Å². The van der Waals surface area contributed by atoms with Gasteiger partial charge in [0.1, 0.15) is 0 Å². The molecule has 1 rings (SSSR count). The lowest BCUT2D eigenvalue weighted by Gasteiger charge is -2.29. The Balaban J connectivity index is 2.43. The third-order valence-corrected chi connectivity index (χ3v) is 4.33. The van der Waals surface area contributed by atoms with E-state index in [2.05, 4.69) is 18.2 Å². The molecule has 1 fully saturated rings. The fraction of sp³-hybridized carbons (Fsp3) is 0.800. The molecule has 0 radical (unpaired) electrons. The van der Waals surface area contributed by atoms with E-state index in [-0.39, 0.29) is 0 Å². The summed E-state index contributed by atoms with van der Waals surface area (Å²) in [6, 6.07) is 0. The lowest BCUT2D eigenvalue weighted by molar-refractivity contribution is 0.285. The van der Waals surface area contributed by atoms with Crippen LogP contribution in [0.5, 0.6) is 0 Å². The first-order chi connectivity index (χ1) is 7.06. The molecule has 88 valence electrons. The van der Waals surface area contributed by atoms with E-state index in [0.717, 1.165) is 12.8 Å². The van der Waals surface area contributed by atoms with E-state index in [1.54, 1.807) is 6.08 Å². The maximum absolute atomic E-state index is 11.7. The van der Waals surface area contributed by atoms with Crippen LogP contribution in [0.2, 0.25) is 0 Å². The minimum Gasteiger partial charge on any atom is -0.202 e. The smallest absolute Gasteiger partial charge is 0.202 e. The van der Waals surface area contributed by atoms with E-state index in [1.807, 2.05) is 0 Å². The Morgan fingerprint density at radius 1 is 1.47 bits per heavy atom. The van der Waals surface area contributed by atoms with E-state index in [4.69, 9.17) is 0 Å². The van der Waals surface area contributed by atoms with Gasteiger partial charge in [0.05, 0.1) is 0 Å². The molecule has 1 saturated heterocycles. The average molecular weight is 232 g/mol. The zero-order chi connectivity index (χ0) is 11.3. The number of nitrogens with one attached hydrogen (secondary N) is 1. The second-order valence-electron chi connectivity index (χ2n) is 4.06. The molecule has 0 saturated carbocycles. The molecular weight excluding hydrogens is 212 g/mol. The number of piperidine rings is 1. The van der Waals surface area contributed by atoms with Crippen LogP contribution >= 0.6 is 0 Å². The third-order valence-electron chi connectivity index (χ3n) is 2.72. The molecule has 4 nitrogen and oxygen atoms in total. The van der Waals surface area contributed by atoms with E-state index >= 15 is 0 Å². The molecule has 0 aliphatic carbocycles. The Labute approximate surface area is 92.5 Å². The van der Waals surface area contributed by atoms with Crippen molar-refractivity contribution in [1.82, 2.24) is 9.03 Å². The van der Waals surface area contributed by atoms with Gasteiger partial charge >= 0.3 is 0 Å². The quantitative estimate of drug-likeness (QED) is 0.570. The van der Waals surface area contributed by atoms with Crippen LogP contribution in [0.15, 0.2) is 12.7 Å². The van der Waals surface area contributed by atoms with Crippen LogP contribution in [-0.2, 0) is 10.2 Å². The van der Waals surface area contributed by atoms with Crippen molar-refractivity contribution in [2.45, 2.75) is 26.2 Å². The highest BCUT2D eigenvalue weighted by Crippen LogP contribution is 2.17. The second kappa shape index (κ2) is 5.63. The van der Waals surface area contributed by atoms with Gasteiger partial charge in [-0.15, -0.1) is 6.58 Å². The molecule has 1 aliphatic rings. The predicted octanol–water partition coefficient (Wildman–Crippen LogP) is 1.13. The Morgan fingerprint density at radius 2 is 2.07 bits per heavy atom. The highest BCUT2D eigenvalue weighted by atomic mass is 32.2. The van der Waals surface area contributed by atoms with Crippen molar-refractivity contribution in [1.29, 1.82) is 0 Å². The average Bonchev–Trinajstić information content (AvgIpc) is 2.18. The number of rotatable bonds is 5. The van der Waals surface area contributed by atoms with Gasteiger partial charge in [-0.3, -0.25) is 0 Å². The molecule has 15 heavy (non-hydrogen) atoms. The molecule has 0 aromatic carbocycles. The summed E-state index contributed by atoms with van der Waals surface area (Å²) in [6.45, 7) is 7.45. The highest BCUT2D eigenvalue weighted by Gasteiger charge is 2.25. The van der Waals surface area contributed by atoms with Crippen molar-refractivity contribution in [3.05, 3.63) is 12.7 Å². The van der Waals surface area contributed by atoms with Crippen molar-refractivity contribution < 1.29 is 8.42 Å². The Hall–Kier alpha value is -0.390. The van der Waals surface area contributed by atoms with E-state index in [0.29, 0.717) is 32.0 Å². The molecule has 1 aliphatic heterocycles. The summed E-state index contributed by atoms with van der Waals surface area (Å²) >= 11 is 0. The minimum atomic E-state index is -3.24. The zero-order valence-corrected chi connectivity index (χ0v) is 10.1. The van der Waals surface area contributed by atoms with Gasteiger partial charge in [0, 0.05) is 19.6 Å². The number of hydrogen-bond acceptors (Lipinski definition) is 2. The van der Waals surface area contributed by atoms with Crippen LogP contribution in [0, 0.1) is 5.92 Å². The molecule has 5 heteroatoms. The third kappa shape index (κ3) is 3.93. The highest BCUT2D eigenvalue weighted by molar-refractivity contribution is 7.87. The summed E-state index contributed by atoms with van der Waals surface area (Å²) in [7, 11) is -3.24. The molecule has 0 atom stereocenters. The molecule has 0 unspecified atom stereocenters.